The van der Waals surface area contributed by atoms with Crippen molar-refractivity contribution >= 4 is 5.91 Å². The van der Waals surface area contributed by atoms with E-state index in [4.69, 9.17) is 18.9 Å². The second-order valence-electron chi connectivity index (χ2n) is 7.09. The first-order valence-electron chi connectivity index (χ1n) is 9.81. The topological polar surface area (TPSA) is 57.2 Å². The van der Waals surface area contributed by atoms with Crippen molar-refractivity contribution in [2.24, 2.45) is 0 Å². The number of rotatable bonds is 10. The second kappa shape index (κ2) is 9.54. The number of carbonyl (C=O) groups is 1. The molecule has 0 bridgehead atoms. The van der Waals surface area contributed by atoms with Crippen LogP contribution >= 0.6 is 0 Å². The molecule has 0 N–H and O–H groups in total. The first kappa shape index (κ1) is 20.8. The highest BCUT2D eigenvalue weighted by Gasteiger charge is 2.32. The minimum absolute atomic E-state index is 0.153. The van der Waals surface area contributed by atoms with E-state index in [0.717, 1.165) is 29.7 Å². The number of amides is 1. The molecule has 1 amide bonds. The molecular weight excluding hydrogens is 370 g/mol. The zero-order chi connectivity index (χ0) is 20.8. The van der Waals surface area contributed by atoms with Gasteiger partial charge in [-0.1, -0.05) is 18.2 Å². The maximum atomic E-state index is 13.0. The molecule has 0 unspecified atom stereocenters. The van der Waals surface area contributed by atoms with E-state index in [-0.39, 0.29) is 5.91 Å². The monoisotopic (exact) mass is 399 g/mol. The number of aryl methyl sites for hydroxylation is 1. The van der Waals surface area contributed by atoms with Crippen LogP contribution in [0.25, 0.3) is 0 Å². The van der Waals surface area contributed by atoms with E-state index in [2.05, 4.69) is 0 Å². The first-order valence-corrected chi connectivity index (χ1v) is 9.81. The molecule has 0 aromatic heterocycles. The van der Waals surface area contributed by atoms with Gasteiger partial charge in [0, 0.05) is 19.0 Å². The highest BCUT2D eigenvalue weighted by atomic mass is 16.5. The Balaban J connectivity index is 1.69. The van der Waals surface area contributed by atoms with Crippen LogP contribution in [0.3, 0.4) is 0 Å². The fraction of sp³-hybridized carbons (Fsp3) is 0.435. The van der Waals surface area contributed by atoms with Crippen molar-refractivity contribution in [1.29, 1.82) is 0 Å². The third-order valence-electron chi connectivity index (χ3n) is 5.21. The Kier molecular flexibility index (Phi) is 6.86. The Morgan fingerprint density at radius 2 is 1.59 bits per heavy atom. The average Bonchev–Trinajstić information content (AvgIpc) is 3.60. The van der Waals surface area contributed by atoms with Crippen molar-refractivity contribution in [2.45, 2.75) is 38.3 Å². The van der Waals surface area contributed by atoms with Crippen molar-refractivity contribution in [2.75, 3.05) is 28.4 Å². The Morgan fingerprint density at radius 3 is 2.14 bits per heavy atom. The highest BCUT2D eigenvalue weighted by molar-refractivity contribution is 5.77. The summed E-state index contributed by atoms with van der Waals surface area (Å²) >= 11 is 0. The summed E-state index contributed by atoms with van der Waals surface area (Å²) in [5, 5.41) is 0. The van der Waals surface area contributed by atoms with Gasteiger partial charge in [0.25, 0.3) is 0 Å². The Hall–Kier alpha value is -2.89. The van der Waals surface area contributed by atoms with Crippen LogP contribution in [0.5, 0.6) is 23.0 Å². The lowest BCUT2D eigenvalue weighted by molar-refractivity contribution is -0.132. The second-order valence-corrected chi connectivity index (χ2v) is 7.09. The van der Waals surface area contributed by atoms with Gasteiger partial charge in [-0.15, -0.1) is 0 Å². The fourth-order valence-electron chi connectivity index (χ4n) is 3.48. The summed E-state index contributed by atoms with van der Waals surface area (Å²) in [6.45, 7) is 0.622. The van der Waals surface area contributed by atoms with Crippen molar-refractivity contribution in [1.82, 2.24) is 4.90 Å². The standard InChI is InChI=1S/C23H29NO5/c1-26-19-11-5-16(6-12-19)15-24(18-9-10-18)21(25)14-8-17-7-13-20(27-2)23(29-4)22(17)28-3/h5-7,11-13,18H,8-10,14-15H2,1-4H3. The molecule has 1 aliphatic carbocycles. The molecule has 2 aromatic rings. The number of methoxy groups -OCH3 is 4. The van der Waals surface area contributed by atoms with Crippen LogP contribution in [-0.2, 0) is 17.8 Å². The molecule has 0 radical (unpaired) electrons. The summed E-state index contributed by atoms with van der Waals surface area (Å²) in [4.78, 5) is 15.0. The summed E-state index contributed by atoms with van der Waals surface area (Å²) in [5.74, 6) is 2.75. The molecule has 2 aromatic carbocycles. The maximum absolute atomic E-state index is 13.0. The molecule has 6 nitrogen and oxygen atoms in total. The summed E-state index contributed by atoms with van der Waals surface area (Å²) in [7, 11) is 6.42. The molecular formula is C23H29NO5. The van der Waals surface area contributed by atoms with Crippen molar-refractivity contribution in [3.63, 3.8) is 0 Å². The van der Waals surface area contributed by atoms with Gasteiger partial charge in [0.05, 0.1) is 28.4 Å². The predicted molar refractivity (Wildman–Crippen MR) is 111 cm³/mol. The number of hydrogen-bond donors (Lipinski definition) is 0. The van der Waals surface area contributed by atoms with E-state index in [9.17, 15) is 4.79 Å². The Labute approximate surface area is 172 Å². The molecule has 0 aliphatic heterocycles. The summed E-state index contributed by atoms with van der Waals surface area (Å²) < 4.78 is 21.5. The lowest BCUT2D eigenvalue weighted by atomic mass is 10.1. The highest BCUT2D eigenvalue weighted by Crippen LogP contribution is 2.40. The molecule has 0 atom stereocenters. The lowest BCUT2D eigenvalue weighted by Crippen LogP contribution is -2.32. The quantitative estimate of drug-likeness (QED) is 0.607. The van der Waals surface area contributed by atoms with Crippen molar-refractivity contribution in [3.05, 3.63) is 47.5 Å². The zero-order valence-corrected chi connectivity index (χ0v) is 17.6. The number of nitrogens with zero attached hydrogens (tertiary/aromatic N) is 1. The van der Waals surface area contributed by atoms with Crippen LogP contribution in [0.2, 0.25) is 0 Å². The van der Waals surface area contributed by atoms with Crippen molar-refractivity contribution in [3.8, 4) is 23.0 Å². The van der Waals surface area contributed by atoms with E-state index in [1.807, 2.05) is 41.3 Å². The van der Waals surface area contributed by atoms with E-state index in [1.54, 1.807) is 28.4 Å². The third kappa shape index (κ3) is 4.94. The normalized spacial score (nSPS) is 13.0. The van der Waals surface area contributed by atoms with E-state index in [1.165, 1.54) is 0 Å². The van der Waals surface area contributed by atoms with Gasteiger partial charge in [0.15, 0.2) is 11.5 Å². The SMILES string of the molecule is COc1ccc(CN(C(=O)CCc2ccc(OC)c(OC)c2OC)C2CC2)cc1. The fourth-order valence-corrected chi connectivity index (χ4v) is 3.48. The molecule has 1 aliphatic rings. The Bertz CT molecular complexity index is 830. The molecule has 1 saturated carbocycles. The largest absolute Gasteiger partial charge is 0.497 e. The number of ether oxygens (including phenoxy) is 4. The van der Waals surface area contributed by atoms with Gasteiger partial charge < -0.3 is 23.8 Å². The smallest absolute Gasteiger partial charge is 0.223 e. The van der Waals surface area contributed by atoms with Gasteiger partial charge in [-0.25, -0.2) is 0 Å². The molecule has 29 heavy (non-hydrogen) atoms. The van der Waals surface area contributed by atoms with Gasteiger partial charge in [0.2, 0.25) is 11.7 Å². The van der Waals surface area contributed by atoms with Gasteiger partial charge in [-0.3, -0.25) is 4.79 Å². The van der Waals surface area contributed by atoms with Crippen LogP contribution in [0, 0.1) is 0 Å². The number of hydrogen-bond acceptors (Lipinski definition) is 5. The molecule has 0 heterocycles. The lowest BCUT2D eigenvalue weighted by Gasteiger charge is -2.23. The van der Waals surface area contributed by atoms with Gasteiger partial charge in [-0.2, -0.15) is 0 Å². The van der Waals surface area contributed by atoms with Gasteiger partial charge in [0.1, 0.15) is 5.75 Å². The number of benzene rings is 2. The van der Waals surface area contributed by atoms with E-state index in [0.29, 0.717) is 42.7 Å². The van der Waals surface area contributed by atoms with E-state index >= 15 is 0 Å². The molecule has 1 fully saturated rings. The zero-order valence-electron chi connectivity index (χ0n) is 17.6. The molecule has 6 heteroatoms. The Morgan fingerprint density at radius 1 is 0.897 bits per heavy atom. The number of carbonyl (C=O) groups excluding carboxylic acids is 1. The average molecular weight is 399 g/mol. The molecule has 0 saturated heterocycles. The summed E-state index contributed by atoms with van der Waals surface area (Å²) in [6.07, 6.45) is 3.13. The van der Waals surface area contributed by atoms with Crippen LogP contribution in [-0.4, -0.2) is 45.3 Å². The molecule has 3 rings (SSSR count). The predicted octanol–water partition coefficient (Wildman–Crippen LogP) is 3.84. The third-order valence-corrected chi connectivity index (χ3v) is 5.21. The van der Waals surface area contributed by atoms with Gasteiger partial charge in [-0.05, 0) is 48.6 Å². The maximum Gasteiger partial charge on any atom is 0.223 e. The minimum atomic E-state index is 0.153. The molecule has 156 valence electrons. The van der Waals surface area contributed by atoms with Gasteiger partial charge >= 0.3 is 0 Å². The van der Waals surface area contributed by atoms with Crippen LogP contribution in [0.15, 0.2) is 36.4 Å². The van der Waals surface area contributed by atoms with Crippen molar-refractivity contribution < 1.29 is 23.7 Å². The van der Waals surface area contributed by atoms with Crippen LogP contribution < -0.4 is 18.9 Å². The van der Waals surface area contributed by atoms with E-state index < -0.39 is 0 Å². The first-order chi connectivity index (χ1) is 14.1. The van der Waals surface area contributed by atoms with Crippen LogP contribution in [0.1, 0.15) is 30.4 Å². The summed E-state index contributed by atoms with van der Waals surface area (Å²) in [6, 6.07) is 12.0. The summed E-state index contributed by atoms with van der Waals surface area (Å²) in [5.41, 5.74) is 2.04. The minimum Gasteiger partial charge on any atom is -0.497 e. The molecule has 0 spiro atoms. The van der Waals surface area contributed by atoms with Crippen LogP contribution in [0.4, 0.5) is 0 Å².